The highest BCUT2D eigenvalue weighted by molar-refractivity contribution is 5.97. The molecule has 4 aliphatic rings. The Morgan fingerprint density at radius 2 is 1.70 bits per heavy atom. The van der Waals surface area contributed by atoms with E-state index in [0.29, 0.717) is 17.2 Å². The van der Waals surface area contributed by atoms with Crippen molar-refractivity contribution in [2.45, 2.75) is 88.1 Å². The van der Waals surface area contributed by atoms with E-state index in [1.807, 2.05) is 11.0 Å². The Morgan fingerprint density at radius 3 is 2.36 bits per heavy atom. The number of carbonyl (C=O) groups is 2. The minimum absolute atomic E-state index is 0.0358. The van der Waals surface area contributed by atoms with Gasteiger partial charge in [0.15, 0.2) is 5.65 Å². The number of alkyl halides is 4. The fraction of sp³-hybridized carbons (Fsp3) is 0.655. The van der Waals surface area contributed by atoms with Gasteiger partial charge in [0.1, 0.15) is 0 Å². The number of nitrogens with one attached hydrogen (secondary N) is 2. The van der Waals surface area contributed by atoms with Crippen LogP contribution in [0.2, 0.25) is 0 Å². The van der Waals surface area contributed by atoms with Crippen LogP contribution in [-0.4, -0.2) is 61.7 Å². The predicted molar refractivity (Wildman–Crippen MR) is 147 cm³/mol. The van der Waals surface area contributed by atoms with Gasteiger partial charge >= 0.3 is 0 Å². The lowest BCUT2D eigenvalue weighted by Crippen LogP contribution is -2.40. The first kappa shape index (κ1) is 29.0. The van der Waals surface area contributed by atoms with Crippen molar-refractivity contribution in [3.8, 4) is 0 Å². The summed E-state index contributed by atoms with van der Waals surface area (Å²) < 4.78 is 61.1. The van der Waals surface area contributed by atoms with E-state index in [-0.39, 0.29) is 80.3 Å². The van der Waals surface area contributed by atoms with E-state index < -0.39 is 23.8 Å². The molecule has 2 amide bonds. The lowest BCUT2D eigenvalue weighted by Gasteiger charge is -2.34. The Labute approximate surface area is 250 Å². The van der Waals surface area contributed by atoms with Crippen LogP contribution in [0, 0.1) is 17.8 Å². The summed E-state index contributed by atoms with van der Waals surface area (Å²) in [5.74, 6) is -6.26. The number of hydrogen-bond donors (Lipinski definition) is 2. The summed E-state index contributed by atoms with van der Waals surface area (Å²) in [4.78, 5) is 32.8. The summed E-state index contributed by atoms with van der Waals surface area (Å²) in [6.45, 7) is 1.46. The van der Waals surface area contributed by atoms with Crippen molar-refractivity contribution in [3.05, 3.63) is 35.4 Å². The van der Waals surface area contributed by atoms with Crippen molar-refractivity contribution < 1.29 is 31.8 Å². The van der Waals surface area contributed by atoms with E-state index in [1.54, 1.807) is 16.9 Å². The van der Waals surface area contributed by atoms with Crippen LogP contribution in [0.3, 0.4) is 0 Å². The first-order valence-electron chi connectivity index (χ1n) is 15.3. The fourth-order valence-corrected chi connectivity index (χ4v) is 6.66. The van der Waals surface area contributed by atoms with Crippen molar-refractivity contribution in [2.24, 2.45) is 17.8 Å². The molecule has 4 heterocycles. The molecule has 7 rings (SSSR count). The Hall–Kier alpha value is -3.78. The maximum atomic E-state index is 14.1. The Balaban J connectivity index is 1.12. The van der Waals surface area contributed by atoms with E-state index in [0.717, 1.165) is 37.9 Å². The minimum Gasteiger partial charge on any atom is -0.352 e. The Bertz CT molecular complexity index is 1530. The predicted octanol–water partition coefficient (Wildman–Crippen LogP) is 4.62. The van der Waals surface area contributed by atoms with Crippen molar-refractivity contribution in [2.75, 3.05) is 18.0 Å². The molecule has 15 heteroatoms. The molecule has 2 N–H and O–H groups in total. The van der Waals surface area contributed by atoms with Crippen LogP contribution in [0.25, 0.3) is 5.65 Å². The van der Waals surface area contributed by atoms with Crippen LogP contribution in [0.4, 0.5) is 23.4 Å². The number of nitrogens with zero attached hydrogens (tertiary/aromatic N) is 6. The molecule has 4 fully saturated rings. The minimum atomic E-state index is -2.75. The van der Waals surface area contributed by atoms with Gasteiger partial charge in [-0.1, -0.05) is 0 Å². The van der Waals surface area contributed by atoms with Crippen molar-refractivity contribution in [3.63, 3.8) is 0 Å². The zero-order chi connectivity index (χ0) is 30.6. The molecule has 236 valence electrons. The molecule has 3 saturated carbocycles. The quantitative estimate of drug-likeness (QED) is 0.315. The zero-order valence-corrected chi connectivity index (χ0v) is 24.0. The van der Waals surface area contributed by atoms with Gasteiger partial charge in [-0.05, 0) is 71.8 Å². The maximum Gasteiger partial charge on any atom is 0.278 e. The normalized spacial score (nSPS) is 23.0. The molecule has 2 atom stereocenters. The van der Waals surface area contributed by atoms with Crippen molar-refractivity contribution in [1.29, 1.82) is 0 Å². The molecule has 3 aliphatic carbocycles. The molecule has 1 saturated heterocycles. The summed E-state index contributed by atoms with van der Waals surface area (Å²) in [5, 5.41) is 18.2. The van der Waals surface area contributed by atoms with Gasteiger partial charge in [-0.25, -0.2) is 31.7 Å². The lowest BCUT2D eigenvalue weighted by atomic mass is 9.79. The molecular formula is C29H34F4N8O3. The van der Waals surface area contributed by atoms with E-state index in [9.17, 15) is 27.2 Å². The first-order chi connectivity index (χ1) is 21.0. The third-order valence-electron chi connectivity index (χ3n) is 9.46. The number of aromatic nitrogens is 5. The van der Waals surface area contributed by atoms with Crippen molar-refractivity contribution in [1.82, 2.24) is 35.5 Å². The number of carbonyl (C=O) groups excluding carboxylic acids is 2. The lowest BCUT2D eigenvalue weighted by molar-refractivity contribution is -0.134. The van der Waals surface area contributed by atoms with E-state index in [2.05, 4.69) is 26.0 Å². The Kier molecular flexibility index (Phi) is 7.23. The largest absolute Gasteiger partial charge is 0.352 e. The molecule has 0 aromatic carbocycles. The summed E-state index contributed by atoms with van der Waals surface area (Å²) in [6.07, 6.45) is 5.50. The average molecular weight is 619 g/mol. The SMILES string of the molecule is O=C(CC1CC(F)(F)C1)NC(c1cnn2cc([C@@H](NC(=O)c3nonc3N3CCC3)C3CCC(F)(F)CC3)nc2c1)C1CC1. The zero-order valence-electron chi connectivity index (χ0n) is 24.0. The van der Waals surface area contributed by atoms with E-state index in [4.69, 9.17) is 9.61 Å². The third kappa shape index (κ3) is 5.96. The summed E-state index contributed by atoms with van der Waals surface area (Å²) in [6, 6.07) is 0.801. The molecule has 0 radical (unpaired) electrons. The van der Waals surface area contributed by atoms with Crippen LogP contribution in [0.15, 0.2) is 23.1 Å². The summed E-state index contributed by atoms with van der Waals surface area (Å²) in [7, 11) is 0. The van der Waals surface area contributed by atoms with Gasteiger partial charge in [-0.15, -0.1) is 0 Å². The second kappa shape index (κ2) is 11.0. The number of fused-ring (bicyclic) bond motifs is 1. The molecular weight excluding hydrogens is 584 g/mol. The molecule has 3 aromatic heterocycles. The maximum absolute atomic E-state index is 14.1. The standard InChI is InChI=1S/C29H34F4N8O3/c30-28(31)6-4-18(5-7-28)24(37-27(43)25-26(39-44-38-25)40-8-1-9-40)20-15-41-21(35-20)11-19(14-34-41)23(17-2-3-17)36-22(42)10-16-12-29(32,33)13-16/h11,14-18,23-24H,1-10,12-13H2,(H,36,42)(H,37,43)/t23?,24-/m0/s1. The number of amides is 2. The Morgan fingerprint density at radius 1 is 0.977 bits per heavy atom. The molecule has 3 aromatic rings. The number of imidazole rings is 1. The van der Waals surface area contributed by atoms with Crippen LogP contribution in [0.5, 0.6) is 0 Å². The molecule has 1 unspecified atom stereocenters. The van der Waals surface area contributed by atoms with Gasteiger partial charge in [0.2, 0.25) is 29.3 Å². The van der Waals surface area contributed by atoms with Crippen LogP contribution in [-0.2, 0) is 4.79 Å². The fourth-order valence-electron chi connectivity index (χ4n) is 6.66. The van der Waals surface area contributed by atoms with Crippen LogP contribution < -0.4 is 15.5 Å². The molecule has 11 nitrogen and oxygen atoms in total. The number of hydrogen-bond acceptors (Lipinski definition) is 8. The number of rotatable bonds is 10. The summed E-state index contributed by atoms with van der Waals surface area (Å²) in [5.41, 5.74) is 1.72. The summed E-state index contributed by atoms with van der Waals surface area (Å²) >= 11 is 0. The monoisotopic (exact) mass is 618 g/mol. The van der Waals surface area contributed by atoms with Gasteiger partial charge in [-0.2, -0.15) is 5.10 Å². The molecule has 1 aliphatic heterocycles. The van der Waals surface area contributed by atoms with Gasteiger partial charge in [0.05, 0.1) is 30.2 Å². The first-order valence-corrected chi connectivity index (χ1v) is 15.3. The molecule has 0 spiro atoms. The molecule has 0 bridgehead atoms. The second-order valence-corrected chi connectivity index (χ2v) is 12.9. The second-order valence-electron chi connectivity index (χ2n) is 12.9. The highest BCUT2D eigenvalue weighted by atomic mass is 19.3. The van der Waals surface area contributed by atoms with Gasteiger partial charge in [-0.3, -0.25) is 9.59 Å². The number of anilines is 1. The van der Waals surface area contributed by atoms with Crippen LogP contribution in [0.1, 0.15) is 98.0 Å². The third-order valence-corrected chi connectivity index (χ3v) is 9.46. The van der Waals surface area contributed by atoms with Crippen molar-refractivity contribution >= 4 is 23.3 Å². The van der Waals surface area contributed by atoms with E-state index in [1.165, 1.54) is 0 Å². The average Bonchev–Trinajstić information content (AvgIpc) is 3.50. The topological polar surface area (TPSA) is 131 Å². The smallest absolute Gasteiger partial charge is 0.278 e. The van der Waals surface area contributed by atoms with Crippen LogP contribution >= 0.6 is 0 Å². The highest BCUT2D eigenvalue weighted by Gasteiger charge is 2.46. The van der Waals surface area contributed by atoms with Gasteiger partial charge in [0.25, 0.3) is 5.91 Å². The highest BCUT2D eigenvalue weighted by Crippen LogP contribution is 2.45. The van der Waals surface area contributed by atoms with Gasteiger partial charge in [0, 0.05) is 45.2 Å². The number of halogens is 4. The van der Waals surface area contributed by atoms with E-state index >= 15 is 0 Å². The molecule has 44 heavy (non-hydrogen) atoms. The van der Waals surface area contributed by atoms with Gasteiger partial charge < -0.3 is 15.5 Å².